The molecule has 8 heteroatoms. The molecule has 1 aliphatic carbocycles. The first kappa shape index (κ1) is 14.7. The lowest BCUT2D eigenvalue weighted by Gasteiger charge is -2.18. The van der Waals surface area contributed by atoms with Gasteiger partial charge in [-0.2, -0.15) is 17.9 Å². The molecule has 1 saturated carbocycles. The van der Waals surface area contributed by atoms with E-state index in [9.17, 15) is 18.0 Å². The van der Waals surface area contributed by atoms with E-state index >= 15 is 0 Å². The molecule has 20 heavy (non-hydrogen) atoms. The normalized spacial score (nSPS) is 22.5. The van der Waals surface area contributed by atoms with Crippen LogP contribution in [0.4, 0.5) is 18.0 Å². The van der Waals surface area contributed by atoms with Crippen LogP contribution in [0, 0.1) is 5.92 Å². The lowest BCUT2D eigenvalue weighted by atomic mass is 10.2. The fourth-order valence-corrected chi connectivity index (χ4v) is 1.58. The van der Waals surface area contributed by atoms with Gasteiger partial charge in [-0.25, -0.2) is 4.79 Å². The molecule has 0 saturated heterocycles. The number of rotatable bonds is 2. The van der Waals surface area contributed by atoms with Crippen molar-refractivity contribution in [1.82, 2.24) is 9.78 Å². The summed E-state index contributed by atoms with van der Waals surface area (Å²) in [6.07, 6.45) is -4.68. The van der Waals surface area contributed by atoms with Crippen molar-refractivity contribution in [1.29, 1.82) is 0 Å². The molecule has 0 N–H and O–H groups in total. The molecule has 1 heterocycles. The average Bonchev–Trinajstić information content (AvgIpc) is 2.84. The highest BCUT2D eigenvalue weighted by atomic mass is 19.4. The van der Waals surface area contributed by atoms with Crippen LogP contribution < -0.4 is 4.74 Å². The molecule has 5 nitrogen and oxygen atoms in total. The summed E-state index contributed by atoms with van der Waals surface area (Å²) in [5.41, 5.74) is -0.679. The van der Waals surface area contributed by atoms with Crippen LogP contribution in [0.1, 0.15) is 27.2 Å². The van der Waals surface area contributed by atoms with Crippen LogP contribution in [0.3, 0.4) is 0 Å². The molecule has 112 valence electrons. The zero-order valence-electron chi connectivity index (χ0n) is 11.3. The fraction of sp³-hybridized carbons (Fsp3) is 0.667. The van der Waals surface area contributed by atoms with Crippen LogP contribution in [0.15, 0.2) is 12.3 Å². The van der Waals surface area contributed by atoms with Crippen LogP contribution in [0.5, 0.6) is 5.88 Å². The number of alkyl halides is 3. The Morgan fingerprint density at radius 3 is 2.55 bits per heavy atom. The topological polar surface area (TPSA) is 53.4 Å². The van der Waals surface area contributed by atoms with Gasteiger partial charge in [-0.3, -0.25) is 0 Å². The zero-order chi connectivity index (χ0) is 15.1. The van der Waals surface area contributed by atoms with E-state index < -0.39 is 29.9 Å². The minimum Gasteiger partial charge on any atom is -0.473 e. The highest BCUT2D eigenvalue weighted by molar-refractivity contribution is 5.69. The lowest BCUT2D eigenvalue weighted by Crippen LogP contribution is -2.27. The van der Waals surface area contributed by atoms with E-state index in [4.69, 9.17) is 9.47 Å². The van der Waals surface area contributed by atoms with Crippen LogP contribution in [-0.4, -0.2) is 33.8 Å². The molecule has 2 atom stereocenters. The van der Waals surface area contributed by atoms with Crippen LogP contribution in [0.25, 0.3) is 0 Å². The van der Waals surface area contributed by atoms with Gasteiger partial charge in [0.15, 0.2) is 0 Å². The Bertz CT molecular complexity index is 505. The van der Waals surface area contributed by atoms with Gasteiger partial charge in [0.05, 0.1) is 5.92 Å². The van der Waals surface area contributed by atoms with E-state index in [1.807, 2.05) is 0 Å². The van der Waals surface area contributed by atoms with Crippen LogP contribution in [-0.2, 0) is 4.74 Å². The largest absolute Gasteiger partial charge is 0.473 e. The predicted octanol–water partition coefficient (Wildman–Crippen LogP) is 3.00. The van der Waals surface area contributed by atoms with Crippen LogP contribution >= 0.6 is 0 Å². The Hall–Kier alpha value is -1.73. The van der Waals surface area contributed by atoms with Gasteiger partial charge in [0, 0.05) is 12.3 Å². The number of carbonyl (C=O) groups is 1. The van der Waals surface area contributed by atoms with Gasteiger partial charge in [-0.1, -0.05) is 0 Å². The summed E-state index contributed by atoms with van der Waals surface area (Å²) in [6.45, 7) is 5.10. The van der Waals surface area contributed by atoms with Crippen LogP contribution in [0.2, 0.25) is 0 Å². The molecule has 1 aliphatic rings. The molecule has 0 amide bonds. The van der Waals surface area contributed by atoms with Gasteiger partial charge in [0.1, 0.15) is 11.7 Å². The van der Waals surface area contributed by atoms with Crippen molar-refractivity contribution in [3.05, 3.63) is 12.3 Å². The smallest absolute Gasteiger partial charge is 0.435 e. The predicted molar refractivity (Wildman–Crippen MR) is 62.4 cm³/mol. The Morgan fingerprint density at radius 1 is 1.40 bits per heavy atom. The summed E-state index contributed by atoms with van der Waals surface area (Å²) >= 11 is 0. The number of hydrogen-bond acceptors (Lipinski definition) is 4. The van der Waals surface area contributed by atoms with Crippen molar-refractivity contribution in [2.45, 2.75) is 45.1 Å². The quantitative estimate of drug-likeness (QED) is 0.841. The van der Waals surface area contributed by atoms with Gasteiger partial charge in [0.25, 0.3) is 0 Å². The SMILES string of the molecule is CC(C)(C)OC(=O)n1ccc(O[C@@H]2C[C@H]2C(F)(F)F)n1. The second kappa shape index (κ2) is 4.68. The van der Waals surface area contributed by atoms with Crippen molar-refractivity contribution in [3.63, 3.8) is 0 Å². The maximum atomic E-state index is 12.3. The molecule has 2 rings (SSSR count). The van der Waals surface area contributed by atoms with E-state index in [0.29, 0.717) is 0 Å². The van der Waals surface area contributed by atoms with Crippen molar-refractivity contribution in [2.75, 3.05) is 0 Å². The molecule has 1 fully saturated rings. The summed E-state index contributed by atoms with van der Waals surface area (Å²) in [5, 5.41) is 3.74. The van der Waals surface area contributed by atoms with Gasteiger partial charge in [0.2, 0.25) is 5.88 Å². The average molecular weight is 292 g/mol. The number of ether oxygens (including phenoxy) is 2. The van der Waals surface area contributed by atoms with E-state index in [1.54, 1.807) is 20.8 Å². The summed E-state index contributed by atoms with van der Waals surface area (Å²) in [6, 6.07) is 1.33. The van der Waals surface area contributed by atoms with Gasteiger partial charge < -0.3 is 9.47 Å². The molecule has 0 spiro atoms. The maximum absolute atomic E-state index is 12.3. The second-order valence-corrected chi connectivity index (χ2v) is 5.62. The monoisotopic (exact) mass is 292 g/mol. The first-order chi connectivity index (χ1) is 9.06. The van der Waals surface area contributed by atoms with Gasteiger partial charge in [-0.05, 0) is 27.2 Å². The van der Waals surface area contributed by atoms with E-state index in [-0.39, 0.29) is 12.3 Å². The Morgan fingerprint density at radius 2 is 2.05 bits per heavy atom. The van der Waals surface area contributed by atoms with E-state index in [0.717, 1.165) is 4.68 Å². The van der Waals surface area contributed by atoms with Crippen molar-refractivity contribution >= 4 is 6.09 Å². The summed E-state index contributed by atoms with van der Waals surface area (Å²) < 4.78 is 48.0. The summed E-state index contributed by atoms with van der Waals surface area (Å²) in [7, 11) is 0. The van der Waals surface area contributed by atoms with Gasteiger partial charge in [-0.15, -0.1) is 5.10 Å². The fourth-order valence-electron chi connectivity index (χ4n) is 1.58. The molecular formula is C12H15F3N2O3. The number of carbonyl (C=O) groups excluding carboxylic acids is 1. The van der Waals surface area contributed by atoms with Gasteiger partial charge >= 0.3 is 12.3 Å². The molecule has 0 bridgehead atoms. The summed E-state index contributed by atoms with van der Waals surface area (Å²) in [5.74, 6) is -1.47. The standard InChI is InChI=1S/C12H15F3N2O3/c1-11(2,3)20-10(18)17-5-4-9(16-17)19-8-6-7(8)12(13,14)15/h4-5,7-8H,6H2,1-3H3/t7-,8-/m1/s1. The minimum absolute atomic E-state index is 0.0207. The van der Waals surface area contributed by atoms with E-state index in [1.165, 1.54) is 12.3 Å². The lowest BCUT2D eigenvalue weighted by molar-refractivity contribution is -0.153. The number of hydrogen-bond donors (Lipinski definition) is 0. The third-order valence-electron chi connectivity index (χ3n) is 2.57. The highest BCUT2D eigenvalue weighted by Gasteiger charge is 2.57. The number of halogens is 3. The highest BCUT2D eigenvalue weighted by Crippen LogP contribution is 2.46. The third kappa shape index (κ3) is 3.64. The molecule has 0 unspecified atom stereocenters. The molecule has 1 aromatic heterocycles. The van der Waals surface area contributed by atoms with Crippen molar-refractivity contribution < 1.29 is 27.4 Å². The first-order valence-electron chi connectivity index (χ1n) is 6.09. The third-order valence-corrected chi connectivity index (χ3v) is 2.57. The zero-order valence-corrected chi connectivity index (χ0v) is 11.3. The molecule has 1 aromatic rings. The Balaban J connectivity index is 1.92. The van der Waals surface area contributed by atoms with E-state index in [2.05, 4.69) is 5.10 Å². The second-order valence-electron chi connectivity index (χ2n) is 5.62. The minimum atomic E-state index is -4.25. The first-order valence-corrected chi connectivity index (χ1v) is 6.09. The number of nitrogens with zero attached hydrogens (tertiary/aromatic N) is 2. The number of aromatic nitrogens is 2. The Labute approximate surface area is 113 Å². The Kier molecular flexibility index (Phi) is 3.43. The molecule has 0 aromatic carbocycles. The van der Waals surface area contributed by atoms with Crippen molar-refractivity contribution in [3.8, 4) is 5.88 Å². The summed E-state index contributed by atoms with van der Waals surface area (Å²) in [4.78, 5) is 11.6. The molecular weight excluding hydrogens is 277 g/mol. The molecule has 0 radical (unpaired) electrons. The van der Waals surface area contributed by atoms with Crippen molar-refractivity contribution in [2.24, 2.45) is 5.92 Å². The maximum Gasteiger partial charge on any atom is 0.435 e. The molecule has 0 aliphatic heterocycles.